The second kappa shape index (κ2) is 10.5. The minimum atomic E-state index is -1.28. The van der Waals surface area contributed by atoms with E-state index in [1.165, 1.54) is 0 Å². The molecule has 0 aromatic heterocycles. The van der Waals surface area contributed by atoms with Crippen LogP contribution in [0.2, 0.25) is 0 Å². The predicted molar refractivity (Wildman–Crippen MR) is 147 cm³/mol. The lowest BCUT2D eigenvalue weighted by molar-refractivity contribution is -0.220. The molecule has 0 radical (unpaired) electrons. The molecule has 0 saturated carbocycles. The van der Waals surface area contributed by atoms with E-state index in [1.807, 2.05) is 128 Å². The number of nitrogens with zero attached hydrogens (tertiary/aromatic N) is 1. The molecule has 4 aromatic rings. The first-order valence-electron chi connectivity index (χ1n) is 13.2. The molecule has 1 unspecified atom stereocenters. The highest BCUT2D eigenvalue weighted by molar-refractivity contribution is 5.93. The molecular weight excluding hydrogens is 488 g/mol. The molecule has 39 heavy (non-hydrogen) atoms. The maximum absolute atomic E-state index is 14.2. The zero-order valence-electron chi connectivity index (χ0n) is 21.6. The standard InChI is InChI=1S/C33H30N2O4/c1-23(24-14-6-2-7-15-24)34-31(36)29-30-32(37)35(22-33(38-29,39-30)27-20-12-5-13-21-27)28(25-16-8-3-9-17-25)26-18-10-4-11-19-26/h2-21,23,28-30H,22H2,1H3,(H,34,36)/t23?,29-,30-,33+/m1/s1. The van der Waals surface area contributed by atoms with Gasteiger partial charge < -0.3 is 19.7 Å². The highest BCUT2D eigenvalue weighted by Crippen LogP contribution is 2.46. The van der Waals surface area contributed by atoms with E-state index in [2.05, 4.69) is 5.32 Å². The first-order valence-corrected chi connectivity index (χ1v) is 13.2. The van der Waals surface area contributed by atoms with E-state index in [1.54, 1.807) is 4.90 Å². The van der Waals surface area contributed by atoms with Gasteiger partial charge in [0.1, 0.15) is 0 Å². The highest BCUT2D eigenvalue weighted by atomic mass is 16.8. The number of morpholine rings is 1. The maximum Gasteiger partial charge on any atom is 0.256 e. The molecular formula is C33H30N2O4. The summed E-state index contributed by atoms with van der Waals surface area (Å²) in [5.74, 6) is -1.93. The van der Waals surface area contributed by atoms with Crippen LogP contribution in [0, 0.1) is 0 Å². The van der Waals surface area contributed by atoms with Crippen LogP contribution in [0.15, 0.2) is 121 Å². The number of ether oxygens (including phenoxy) is 2. The summed E-state index contributed by atoms with van der Waals surface area (Å²) >= 11 is 0. The molecule has 2 amide bonds. The number of nitrogens with one attached hydrogen (secondary N) is 1. The van der Waals surface area contributed by atoms with Crippen molar-refractivity contribution >= 4 is 11.8 Å². The van der Waals surface area contributed by atoms with E-state index in [0.29, 0.717) is 0 Å². The largest absolute Gasteiger partial charge is 0.347 e. The molecule has 2 aliphatic heterocycles. The molecule has 2 bridgehead atoms. The van der Waals surface area contributed by atoms with E-state index in [0.717, 1.165) is 22.3 Å². The lowest BCUT2D eigenvalue weighted by atomic mass is 9.94. The SMILES string of the molecule is CC(NC(=O)[C@@H]1O[C@@]2(c3ccccc3)CN(C(c3ccccc3)c3ccccc3)C(=O)[C@@H]1O2)c1ccccc1. The van der Waals surface area contributed by atoms with Crippen molar-refractivity contribution in [3.8, 4) is 0 Å². The highest BCUT2D eigenvalue weighted by Gasteiger charge is 2.61. The molecule has 2 aliphatic rings. The summed E-state index contributed by atoms with van der Waals surface area (Å²) < 4.78 is 12.9. The van der Waals surface area contributed by atoms with Crippen LogP contribution in [0.4, 0.5) is 0 Å². The van der Waals surface area contributed by atoms with Gasteiger partial charge in [0, 0.05) is 5.56 Å². The summed E-state index contributed by atoms with van der Waals surface area (Å²) in [6.07, 6.45) is -2.18. The van der Waals surface area contributed by atoms with Gasteiger partial charge in [-0.25, -0.2) is 0 Å². The average molecular weight is 519 g/mol. The Hall–Kier alpha value is -4.26. The lowest BCUT2D eigenvalue weighted by Crippen LogP contribution is -2.55. The molecule has 6 heteroatoms. The van der Waals surface area contributed by atoms with Crippen LogP contribution in [0.25, 0.3) is 0 Å². The molecule has 0 aliphatic carbocycles. The molecule has 0 spiro atoms. The fourth-order valence-corrected chi connectivity index (χ4v) is 5.55. The summed E-state index contributed by atoms with van der Waals surface area (Å²) in [4.78, 5) is 29.6. The molecule has 6 nitrogen and oxygen atoms in total. The third-order valence-electron chi connectivity index (χ3n) is 7.49. The maximum atomic E-state index is 14.2. The Labute approximate surface area is 228 Å². The average Bonchev–Trinajstić information content (AvgIpc) is 3.34. The van der Waals surface area contributed by atoms with Crippen molar-refractivity contribution in [2.45, 2.75) is 37.0 Å². The van der Waals surface area contributed by atoms with Crippen LogP contribution >= 0.6 is 0 Å². The summed E-state index contributed by atoms with van der Waals surface area (Å²) in [5.41, 5.74) is 3.67. The van der Waals surface area contributed by atoms with E-state index >= 15 is 0 Å². The van der Waals surface area contributed by atoms with Gasteiger partial charge in [0.15, 0.2) is 12.2 Å². The van der Waals surface area contributed by atoms with Gasteiger partial charge in [-0.15, -0.1) is 0 Å². The number of hydrogen-bond donors (Lipinski definition) is 1. The lowest BCUT2D eigenvalue weighted by Gasteiger charge is -2.42. The number of rotatable bonds is 7. The van der Waals surface area contributed by atoms with Crippen LogP contribution in [0.1, 0.15) is 41.3 Å². The van der Waals surface area contributed by atoms with Crippen molar-refractivity contribution in [1.82, 2.24) is 10.2 Å². The van der Waals surface area contributed by atoms with Crippen molar-refractivity contribution < 1.29 is 19.1 Å². The number of hydrogen-bond acceptors (Lipinski definition) is 4. The normalized spacial score (nSPS) is 23.0. The van der Waals surface area contributed by atoms with E-state index in [4.69, 9.17) is 9.47 Å². The van der Waals surface area contributed by atoms with Gasteiger partial charge in [-0.2, -0.15) is 0 Å². The molecule has 2 heterocycles. The number of amides is 2. The molecule has 6 rings (SSSR count). The molecule has 1 N–H and O–H groups in total. The van der Waals surface area contributed by atoms with E-state index < -0.39 is 18.0 Å². The summed E-state index contributed by atoms with van der Waals surface area (Å²) in [6, 6.07) is 38.5. The first kappa shape index (κ1) is 25.0. The van der Waals surface area contributed by atoms with Gasteiger partial charge in [-0.3, -0.25) is 9.59 Å². The van der Waals surface area contributed by atoms with Crippen molar-refractivity contribution in [3.05, 3.63) is 144 Å². The summed E-state index contributed by atoms with van der Waals surface area (Å²) in [6.45, 7) is 2.05. The minimum absolute atomic E-state index is 0.138. The van der Waals surface area contributed by atoms with E-state index in [-0.39, 0.29) is 30.4 Å². The number of carbonyl (C=O) groups is 2. The number of fused-ring (bicyclic) bond motifs is 2. The third kappa shape index (κ3) is 4.73. The van der Waals surface area contributed by atoms with Gasteiger partial charge in [0.05, 0.1) is 18.6 Å². The molecule has 196 valence electrons. The minimum Gasteiger partial charge on any atom is -0.347 e. The number of benzene rings is 4. The van der Waals surface area contributed by atoms with Crippen LogP contribution in [0.5, 0.6) is 0 Å². The number of carbonyl (C=O) groups excluding carboxylic acids is 2. The zero-order valence-corrected chi connectivity index (χ0v) is 21.6. The van der Waals surface area contributed by atoms with Crippen LogP contribution < -0.4 is 5.32 Å². The molecule has 4 atom stereocenters. The Morgan fingerprint density at radius 2 is 1.26 bits per heavy atom. The van der Waals surface area contributed by atoms with Gasteiger partial charge in [-0.1, -0.05) is 121 Å². The van der Waals surface area contributed by atoms with Crippen molar-refractivity contribution in [3.63, 3.8) is 0 Å². The Kier molecular flexibility index (Phi) is 6.73. The van der Waals surface area contributed by atoms with Gasteiger partial charge in [0.25, 0.3) is 11.8 Å². The summed E-state index contributed by atoms with van der Waals surface area (Å²) in [7, 11) is 0. The Bertz CT molecular complexity index is 1390. The van der Waals surface area contributed by atoms with Crippen LogP contribution in [0.3, 0.4) is 0 Å². The fourth-order valence-electron chi connectivity index (χ4n) is 5.55. The van der Waals surface area contributed by atoms with Gasteiger partial charge in [0.2, 0.25) is 5.79 Å². The van der Waals surface area contributed by atoms with Gasteiger partial charge in [-0.05, 0) is 23.6 Å². The molecule has 2 fully saturated rings. The zero-order chi connectivity index (χ0) is 26.8. The van der Waals surface area contributed by atoms with Crippen molar-refractivity contribution in [2.75, 3.05) is 6.54 Å². The monoisotopic (exact) mass is 518 g/mol. The fraction of sp³-hybridized carbons (Fsp3) is 0.212. The summed E-state index contributed by atoms with van der Waals surface area (Å²) in [5, 5.41) is 3.03. The first-order chi connectivity index (χ1) is 19.1. The van der Waals surface area contributed by atoms with Crippen LogP contribution in [-0.4, -0.2) is 35.5 Å². The van der Waals surface area contributed by atoms with Gasteiger partial charge >= 0.3 is 0 Å². The topological polar surface area (TPSA) is 67.9 Å². The van der Waals surface area contributed by atoms with Crippen molar-refractivity contribution in [1.29, 1.82) is 0 Å². The second-order valence-electron chi connectivity index (χ2n) is 10.0. The molecule has 2 saturated heterocycles. The predicted octanol–water partition coefficient (Wildman–Crippen LogP) is 5.13. The Morgan fingerprint density at radius 1 is 0.769 bits per heavy atom. The Balaban J connectivity index is 1.38. The van der Waals surface area contributed by atoms with Crippen molar-refractivity contribution in [2.24, 2.45) is 0 Å². The van der Waals surface area contributed by atoms with E-state index in [9.17, 15) is 9.59 Å². The smallest absolute Gasteiger partial charge is 0.256 e. The Morgan fingerprint density at radius 3 is 1.79 bits per heavy atom. The van der Waals surface area contributed by atoms with Crippen LogP contribution in [-0.2, 0) is 24.8 Å². The molecule has 4 aromatic carbocycles. The second-order valence-corrected chi connectivity index (χ2v) is 10.0. The third-order valence-corrected chi connectivity index (χ3v) is 7.49. The quantitative estimate of drug-likeness (QED) is 0.368.